The number of unbranched alkanes of at least 4 members (excludes halogenated alkanes) is 3. The minimum atomic E-state index is -0.213. The number of H-pyrrole nitrogens is 1. The van der Waals surface area contributed by atoms with Gasteiger partial charge < -0.3 is 10.7 Å². The molecule has 5 heteroatoms. The molecule has 0 aliphatic heterocycles. The quantitative estimate of drug-likeness (QED) is 0.571. The van der Waals surface area contributed by atoms with Crippen molar-refractivity contribution in [3.63, 3.8) is 0 Å². The van der Waals surface area contributed by atoms with Crippen LogP contribution in [0.15, 0.2) is 55.0 Å². The zero-order valence-electron chi connectivity index (χ0n) is 14.8. The monoisotopic (exact) mass is 348 g/mol. The average molecular weight is 348 g/mol. The smallest absolute Gasteiger partial charge is 0.217 e. The Kier molecular flexibility index (Phi) is 6.14. The van der Waals surface area contributed by atoms with Crippen molar-refractivity contribution in [2.45, 2.75) is 38.5 Å². The lowest BCUT2D eigenvalue weighted by molar-refractivity contribution is -0.118. The number of benzene rings is 1. The highest BCUT2D eigenvalue weighted by Crippen LogP contribution is 2.23. The summed E-state index contributed by atoms with van der Waals surface area (Å²) in [6.45, 7) is 0. The lowest BCUT2D eigenvalue weighted by atomic mass is 10.0. The number of aromatic nitrogens is 3. The van der Waals surface area contributed by atoms with Crippen LogP contribution in [0.2, 0.25) is 0 Å². The lowest BCUT2D eigenvalue weighted by Gasteiger charge is -2.03. The topological polar surface area (TPSA) is 84.7 Å². The number of pyridine rings is 1. The molecule has 3 N–H and O–H groups in total. The number of nitrogens with zero attached hydrogens (tertiary/aromatic N) is 2. The van der Waals surface area contributed by atoms with E-state index >= 15 is 0 Å². The fraction of sp³-hybridized carbons (Fsp3) is 0.286. The third-order valence-electron chi connectivity index (χ3n) is 4.41. The number of carbonyl (C=O) groups is 1. The number of imidazole rings is 1. The number of primary amides is 1. The first-order valence-corrected chi connectivity index (χ1v) is 9.05. The zero-order valence-corrected chi connectivity index (χ0v) is 14.8. The molecule has 26 heavy (non-hydrogen) atoms. The predicted molar refractivity (Wildman–Crippen MR) is 103 cm³/mol. The van der Waals surface area contributed by atoms with E-state index in [1.54, 1.807) is 6.20 Å². The highest BCUT2D eigenvalue weighted by atomic mass is 16.1. The minimum Gasteiger partial charge on any atom is -0.370 e. The van der Waals surface area contributed by atoms with Crippen LogP contribution in [0.3, 0.4) is 0 Å². The van der Waals surface area contributed by atoms with Crippen molar-refractivity contribution < 1.29 is 4.79 Å². The first kappa shape index (κ1) is 17.9. The molecule has 3 rings (SSSR count). The van der Waals surface area contributed by atoms with E-state index in [2.05, 4.69) is 45.3 Å². The van der Waals surface area contributed by atoms with Crippen molar-refractivity contribution in [2.75, 3.05) is 0 Å². The number of aryl methyl sites for hydroxylation is 1. The maximum atomic E-state index is 10.7. The summed E-state index contributed by atoms with van der Waals surface area (Å²) in [5.74, 6) is 0.793. The van der Waals surface area contributed by atoms with Crippen LogP contribution in [0.5, 0.6) is 0 Å². The fourth-order valence-electron chi connectivity index (χ4n) is 2.96. The molecule has 2 aromatic heterocycles. The standard InChI is InChI=1S/C21H24N4O/c22-20(26)7-3-1-2-4-8-21-24-15-19(25-21)17-11-9-16(10-12-17)18-6-5-13-23-14-18/h5-6,9-15H,1-4,7-8H2,(H2,22,26)(H,24,25). The number of hydrogen-bond acceptors (Lipinski definition) is 3. The molecule has 0 unspecified atom stereocenters. The van der Waals surface area contributed by atoms with Crippen molar-refractivity contribution in [1.29, 1.82) is 0 Å². The van der Waals surface area contributed by atoms with E-state index in [-0.39, 0.29) is 5.91 Å². The predicted octanol–water partition coefficient (Wildman–Crippen LogP) is 4.12. The molecular weight excluding hydrogens is 324 g/mol. The van der Waals surface area contributed by atoms with E-state index in [0.717, 1.165) is 60.3 Å². The molecule has 1 amide bonds. The first-order chi connectivity index (χ1) is 12.7. The van der Waals surface area contributed by atoms with Crippen LogP contribution in [0, 0.1) is 0 Å². The van der Waals surface area contributed by atoms with Crippen LogP contribution in [0.4, 0.5) is 0 Å². The molecule has 0 saturated heterocycles. The molecule has 0 bridgehead atoms. The summed E-state index contributed by atoms with van der Waals surface area (Å²) in [6, 6.07) is 12.4. The van der Waals surface area contributed by atoms with Gasteiger partial charge in [-0.2, -0.15) is 0 Å². The van der Waals surface area contributed by atoms with Gasteiger partial charge in [-0.05, 0) is 35.6 Å². The summed E-state index contributed by atoms with van der Waals surface area (Å²) in [7, 11) is 0. The second kappa shape index (κ2) is 8.94. The van der Waals surface area contributed by atoms with E-state index in [4.69, 9.17) is 5.73 Å². The average Bonchev–Trinajstić information content (AvgIpc) is 3.14. The lowest BCUT2D eigenvalue weighted by Crippen LogP contribution is -2.09. The summed E-state index contributed by atoms with van der Waals surface area (Å²) < 4.78 is 0. The van der Waals surface area contributed by atoms with E-state index in [0.29, 0.717) is 6.42 Å². The Labute approximate surface area is 153 Å². The SMILES string of the molecule is NC(=O)CCCCCCc1ncc(-c2ccc(-c3cccnc3)cc2)[nH]1. The van der Waals surface area contributed by atoms with Crippen molar-refractivity contribution in [3.05, 3.63) is 60.8 Å². The number of carbonyl (C=O) groups excluding carboxylic acids is 1. The summed E-state index contributed by atoms with van der Waals surface area (Å²) in [6.07, 6.45) is 11.0. The number of nitrogens with two attached hydrogens (primary N) is 1. The second-order valence-corrected chi connectivity index (χ2v) is 6.44. The van der Waals surface area contributed by atoms with Crippen molar-refractivity contribution in [3.8, 4) is 22.4 Å². The molecule has 0 spiro atoms. The molecule has 0 saturated carbocycles. The second-order valence-electron chi connectivity index (χ2n) is 6.44. The molecule has 0 aliphatic rings. The van der Waals surface area contributed by atoms with Gasteiger partial charge in [-0.3, -0.25) is 9.78 Å². The minimum absolute atomic E-state index is 0.213. The van der Waals surface area contributed by atoms with E-state index in [1.165, 1.54) is 0 Å². The van der Waals surface area contributed by atoms with Gasteiger partial charge in [-0.1, -0.05) is 43.2 Å². The van der Waals surface area contributed by atoms with Crippen LogP contribution in [0.25, 0.3) is 22.4 Å². The van der Waals surface area contributed by atoms with Crippen LogP contribution in [-0.4, -0.2) is 20.9 Å². The molecule has 0 radical (unpaired) electrons. The number of aromatic amines is 1. The van der Waals surface area contributed by atoms with Gasteiger partial charge in [0.15, 0.2) is 0 Å². The van der Waals surface area contributed by atoms with Crippen LogP contribution < -0.4 is 5.73 Å². The van der Waals surface area contributed by atoms with Gasteiger partial charge in [-0.15, -0.1) is 0 Å². The molecule has 2 heterocycles. The highest BCUT2D eigenvalue weighted by Gasteiger charge is 2.05. The van der Waals surface area contributed by atoms with Gasteiger partial charge in [0, 0.05) is 25.2 Å². The molecule has 0 aliphatic carbocycles. The third-order valence-corrected chi connectivity index (χ3v) is 4.41. The Morgan fingerprint density at radius 3 is 2.42 bits per heavy atom. The van der Waals surface area contributed by atoms with Crippen molar-refractivity contribution in [2.24, 2.45) is 5.73 Å². The molecule has 5 nitrogen and oxygen atoms in total. The van der Waals surface area contributed by atoms with Crippen molar-refractivity contribution in [1.82, 2.24) is 15.0 Å². The van der Waals surface area contributed by atoms with Crippen LogP contribution in [0.1, 0.15) is 37.9 Å². The Bertz CT molecular complexity index is 825. The van der Waals surface area contributed by atoms with Crippen LogP contribution in [-0.2, 0) is 11.2 Å². The van der Waals surface area contributed by atoms with Crippen LogP contribution >= 0.6 is 0 Å². The Balaban J connectivity index is 1.52. The first-order valence-electron chi connectivity index (χ1n) is 9.05. The van der Waals surface area contributed by atoms with E-state index in [1.807, 2.05) is 18.5 Å². The molecule has 0 fully saturated rings. The van der Waals surface area contributed by atoms with E-state index < -0.39 is 0 Å². The summed E-state index contributed by atoms with van der Waals surface area (Å²) in [4.78, 5) is 22.7. The summed E-state index contributed by atoms with van der Waals surface area (Å²) in [5, 5.41) is 0. The molecule has 1 aromatic carbocycles. The third kappa shape index (κ3) is 5.02. The van der Waals surface area contributed by atoms with Gasteiger partial charge in [0.25, 0.3) is 0 Å². The molecule has 134 valence electrons. The number of amides is 1. The van der Waals surface area contributed by atoms with Gasteiger partial charge in [-0.25, -0.2) is 4.98 Å². The molecule has 0 atom stereocenters. The Hall–Kier alpha value is -2.95. The van der Waals surface area contributed by atoms with Gasteiger partial charge in [0.1, 0.15) is 5.82 Å². The van der Waals surface area contributed by atoms with Gasteiger partial charge in [0.05, 0.1) is 11.9 Å². The number of nitrogens with one attached hydrogen (secondary N) is 1. The Morgan fingerprint density at radius 2 is 1.69 bits per heavy atom. The summed E-state index contributed by atoms with van der Waals surface area (Å²) in [5.41, 5.74) is 9.56. The van der Waals surface area contributed by atoms with Gasteiger partial charge in [0.2, 0.25) is 5.91 Å². The largest absolute Gasteiger partial charge is 0.370 e. The highest BCUT2D eigenvalue weighted by molar-refractivity contribution is 5.73. The Morgan fingerprint density at radius 1 is 0.923 bits per heavy atom. The van der Waals surface area contributed by atoms with E-state index in [9.17, 15) is 4.79 Å². The normalized spacial score (nSPS) is 10.8. The maximum absolute atomic E-state index is 10.7. The zero-order chi connectivity index (χ0) is 18.2. The fourth-order valence-corrected chi connectivity index (χ4v) is 2.96. The molecular formula is C21H24N4O. The number of hydrogen-bond donors (Lipinski definition) is 2. The van der Waals surface area contributed by atoms with Gasteiger partial charge >= 0.3 is 0 Å². The summed E-state index contributed by atoms with van der Waals surface area (Å²) >= 11 is 0. The molecule has 3 aromatic rings. The van der Waals surface area contributed by atoms with Crippen molar-refractivity contribution >= 4 is 5.91 Å². The maximum Gasteiger partial charge on any atom is 0.217 e. The number of rotatable bonds is 9.